The van der Waals surface area contributed by atoms with Crippen molar-refractivity contribution in [3.8, 4) is 0 Å². The van der Waals surface area contributed by atoms with Gasteiger partial charge in [0, 0.05) is 31.6 Å². The summed E-state index contributed by atoms with van der Waals surface area (Å²) in [4.78, 5) is 2.07. The Morgan fingerprint density at radius 2 is 2.12 bits per heavy atom. The van der Waals surface area contributed by atoms with Crippen LogP contribution in [0.4, 0.5) is 5.69 Å². The Morgan fingerprint density at radius 3 is 2.88 bits per heavy atom. The molecule has 2 aromatic rings. The molecule has 0 aliphatic carbocycles. The zero-order chi connectivity index (χ0) is 11.5. The monoisotopic (exact) mass is 219 g/mol. The zero-order valence-electron chi connectivity index (χ0n) is 9.39. The smallest absolute Gasteiger partial charge is 0.136 e. The summed E-state index contributed by atoms with van der Waals surface area (Å²) in [5.41, 5.74) is 13.3. The molecule has 0 spiro atoms. The minimum absolute atomic E-state index is 0.0151. The predicted octanol–water partition coefficient (Wildman–Crippen LogP) is 1.15. The number of hydrogen-bond acceptors (Lipinski definition) is 4. The summed E-state index contributed by atoms with van der Waals surface area (Å²) in [5, 5.41) is 1.11. The number of nitrogens with zero attached hydrogens (tertiary/aromatic N) is 1. The second-order valence-electron chi connectivity index (χ2n) is 3.99. The largest absolute Gasteiger partial charge is 0.462 e. The van der Waals surface area contributed by atoms with Gasteiger partial charge < -0.3 is 20.8 Å². The lowest BCUT2D eigenvalue weighted by Crippen LogP contribution is -2.40. The standard InChI is InChI=1S/C12H17N3O/c1-15(7-9(14)6-13)11-8-16-12-5-3-2-4-10(11)12/h2-5,8-9H,6-7,13-14H2,1H3. The maximum atomic E-state index is 5.83. The summed E-state index contributed by atoms with van der Waals surface area (Å²) < 4.78 is 5.47. The Labute approximate surface area is 94.8 Å². The predicted molar refractivity (Wildman–Crippen MR) is 66.5 cm³/mol. The highest BCUT2D eigenvalue weighted by Gasteiger charge is 2.11. The first-order valence-electron chi connectivity index (χ1n) is 5.35. The van der Waals surface area contributed by atoms with Gasteiger partial charge in [-0.3, -0.25) is 0 Å². The van der Waals surface area contributed by atoms with E-state index in [0.29, 0.717) is 6.54 Å². The van der Waals surface area contributed by atoms with Crippen LogP contribution in [-0.4, -0.2) is 26.2 Å². The third-order valence-electron chi connectivity index (χ3n) is 2.68. The van der Waals surface area contributed by atoms with Crippen LogP contribution in [0.3, 0.4) is 0 Å². The molecule has 0 saturated heterocycles. The molecule has 1 unspecified atom stereocenters. The van der Waals surface area contributed by atoms with Gasteiger partial charge in [0.1, 0.15) is 11.8 Å². The van der Waals surface area contributed by atoms with Crippen molar-refractivity contribution in [3.05, 3.63) is 30.5 Å². The van der Waals surface area contributed by atoms with Gasteiger partial charge in [-0.1, -0.05) is 12.1 Å². The van der Waals surface area contributed by atoms with E-state index in [9.17, 15) is 0 Å². The maximum absolute atomic E-state index is 5.83. The number of fused-ring (bicyclic) bond motifs is 1. The molecule has 0 aliphatic rings. The highest BCUT2D eigenvalue weighted by Crippen LogP contribution is 2.27. The molecule has 86 valence electrons. The van der Waals surface area contributed by atoms with Crippen LogP contribution < -0.4 is 16.4 Å². The van der Waals surface area contributed by atoms with Crippen LogP contribution in [0.5, 0.6) is 0 Å². The second kappa shape index (κ2) is 4.55. The highest BCUT2D eigenvalue weighted by atomic mass is 16.3. The average Bonchev–Trinajstić information content (AvgIpc) is 2.72. The van der Waals surface area contributed by atoms with Gasteiger partial charge in [-0.25, -0.2) is 0 Å². The number of furan rings is 1. The zero-order valence-corrected chi connectivity index (χ0v) is 9.39. The van der Waals surface area contributed by atoms with Gasteiger partial charge in [0.15, 0.2) is 0 Å². The van der Waals surface area contributed by atoms with Crippen LogP contribution in [0.1, 0.15) is 0 Å². The molecule has 4 nitrogen and oxygen atoms in total. The van der Waals surface area contributed by atoms with Gasteiger partial charge in [0.05, 0.1) is 5.69 Å². The molecule has 1 heterocycles. The van der Waals surface area contributed by atoms with Crippen molar-refractivity contribution in [2.75, 3.05) is 25.0 Å². The van der Waals surface area contributed by atoms with E-state index in [1.54, 1.807) is 6.26 Å². The normalized spacial score (nSPS) is 12.9. The summed E-state index contributed by atoms with van der Waals surface area (Å²) in [6.07, 6.45) is 1.76. The van der Waals surface area contributed by atoms with E-state index in [1.807, 2.05) is 31.3 Å². The fraction of sp³-hybridized carbons (Fsp3) is 0.333. The molecular weight excluding hydrogens is 202 g/mol. The van der Waals surface area contributed by atoms with E-state index in [1.165, 1.54) is 0 Å². The fourth-order valence-corrected chi connectivity index (χ4v) is 1.78. The van der Waals surface area contributed by atoms with Crippen molar-refractivity contribution in [1.29, 1.82) is 0 Å². The summed E-state index contributed by atoms with van der Waals surface area (Å²) in [6.45, 7) is 1.21. The minimum Gasteiger partial charge on any atom is -0.462 e. The molecule has 4 heteroatoms. The van der Waals surface area contributed by atoms with Crippen LogP contribution in [0.25, 0.3) is 11.0 Å². The average molecular weight is 219 g/mol. The van der Waals surface area contributed by atoms with Gasteiger partial charge in [0.2, 0.25) is 0 Å². The van der Waals surface area contributed by atoms with Gasteiger partial charge in [-0.05, 0) is 12.1 Å². The van der Waals surface area contributed by atoms with Crippen LogP contribution in [0, 0.1) is 0 Å². The lowest BCUT2D eigenvalue weighted by molar-refractivity contribution is 0.610. The molecule has 2 rings (SSSR count). The molecule has 4 N–H and O–H groups in total. The number of hydrogen-bond donors (Lipinski definition) is 2. The first kappa shape index (κ1) is 11.0. The topological polar surface area (TPSA) is 68.4 Å². The molecular formula is C12H17N3O. The number of para-hydroxylation sites is 1. The van der Waals surface area contributed by atoms with Crippen LogP contribution in [0.2, 0.25) is 0 Å². The van der Waals surface area contributed by atoms with Gasteiger partial charge in [0.25, 0.3) is 0 Å². The molecule has 0 saturated carbocycles. The van der Waals surface area contributed by atoms with Gasteiger partial charge in [-0.2, -0.15) is 0 Å². The van der Waals surface area contributed by atoms with E-state index in [-0.39, 0.29) is 6.04 Å². The first-order valence-corrected chi connectivity index (χ1v) is 5.35. The SMILES string of the molecule is CN(CC(N)CN)c1coc2ccccc12. The van der Waals surface area contributed by atoms with Gasteiger partial charge in [-0.15, -0.1) is 0 Å². The van der Waals surface area contributed by atoms with E-state index in [2.05, 4.69) is 4.90 Å². The van der Waals surface area contributed by atoms with Crippen LogP contribution in [0.15, 0.2) is 34.9 Å². The van der Waals surface area contributed by atoms with E-state index in [4.69, 9.17) is 15.9 Å². The maximum Gasteiger partial charge on any atom is 0.136 e. The fourth-order valence-electron chi connectivity index (χ4n) is 1.78. The molecule has 0 bridgehead atoms. The molecule has 0 aliphatic heterocycles. The van der Waals surface area contributed by atoms with Crippen molar-refractivity contribution < 1.29 is 4.42 Å². The quantitative estimate of drug-likeness (QED) is 0.809. The minimum atomic E-state index is -0.0151. The summed E-state index contributed by atoms with van der Waals surface area (Å²) >= 11 is 0. The van der Waals surface area contributed by atoms with Crippen molar-refractivity contribution >= 4 is 16.7 Å². The lowest BCUT2D eigenvalue weighted by Gasteiger charge is -2.21. The van der Waals surface area contributed by atoms with Crippen LogP contribution >= 0.6 is 0 Å². The van der Waals surface area contributed by atoms with Crippen molar-refractivity contribution in [1.82, 2.24) is 0 Å². The lowest BCUT2D eigenvalue weighted by atomic mass is 10.2. The molecule has 1 aromatic heterocycles. The van der Waals surface area contributed by atoms with Crippen molar-refractivity contribution in [3.63, 3.8) is 0 Å². The van der Waals surface area contributed by atoms with E-state index >= 15 is 0 Å². The summed E-state index contributed by atoms with van der Waals surface area (Å²) in [7, 11) is 1.99. The molecule has 1 aromatic carbocycles. The molecule has 0 radical (unpaired) electrons. The highest BCUT2D eigenvalue weighted by molar-refractivity contribution is 5.90. The van der Waals surface area contributed by atoms with Crippen molar-refractivity contribution in [2.45, 2.75) is 6.04 Å². The number of likely N-dealkylation sites (N-methyl/N-ethyl adjacent to an activating group) is 1. The molecule has 16 heavy (non-hydrogen) atoms. The first-order chi connectivity index (χ1) is 7.72. The van der Waals surface area contributed by atoms with E-state index in [0.717, 1.165) is 23.2 Å². The van der Waals surface area contributed by atoms with Crippen molar-refractivity contribution in [2.24, 2.45) is 11.5 Å². The molecule has 1 atom stereocenters. The Bertz CT molecular complexity index is 466. The Morgan fingerprint density at radius 1 is 1.38 bits per heavy atom. The van der Waals surface area contributed by atoms with E-state index < -0.39 is 0 Å². The summed E-state index contributed by atoms with van der Waals surface area (Å²) in [5.74, 6) is 0. The number of benzene rings is 1. The Kier molecular flexibility index (Phi) is 3.12. The second-order valence-corrected chi connectivity index (χ2v) is 3.99. The Hall–Kier alpha value is -1.52. The van der Waals surface area contributed by atoms with Crippen LogP contribution in [-0.2, 0) is 0 Å². The third kappa shape index (κ3) is 2.03. The molecule has 0 fully saturated rings. The number of anilines is 1. The summed E-state index contributed by atoms with van der Waals surface area (Å²) in [6, 6.07) is 7.94. The molecule has 0 amide bonds. The third-order valence-corrected chi connectivity index (χ3v) is 2.68. The number of nitrogens with two attached hydrogens (primary N) is 2. The number of rotatable bonds is 4. The Balaban J connectivity index is 2.26. The van der Waals surface area contributed by atoms with Gasteiger partial charge >= 0.3 is 0 Å².